The Morgan fingerprint density at radius 2 is 1.80 bits per heavy atom. The third-order valence-corrected chi connectivity index (χ3v) is 1.95. The maximum absolute atomic E-state index is 5.62. The van der Waals surface area contributed by atoms with Gasteiger partial charge >= 0.3 is 0 Å². The van der Waals surface area contributed by atoms with Gasteiger partial charge in [0.15, 0.2) is 0 Å². The van der Waals surface area contributed by atoms with Gasteiger partial charge in [-0.05, 0) is 24.3 Å². The van der Waals surface area contributed by atoms with Crippen LogP contribution in [-0.4, -0.2) is 7.11 Å². The van der Waals surface area contributed by atoms with E-state index in [1.165, 1.54) is 0 Å². The Balaban J connectivity index is 2.17. The maximum Gasteiger partial charge on any atom is 0.131 e. The average molecular weight is 199 g/mol. The van der Waals surface area contributed by atoms with Crippen LogP contribution < -0.4 is 9.47 Å². The van der Waals surface area contributed by atoms with Crippen molar-refractivity contribution in [2.75, 3.05) is 7.11 Å². The molecule has 0 fully saturated rings. The summed E-state index contributed by atoms with van der Waals surface area (Å²) >= 11 is 0. The normalized spacial score (nSPS) is 9.67. The van der Waals surface area contributed by atoms with Crippen molar-refractivity contribution >= 4 is 0 Å². The molecule has 0 saturated heterocycles. The second kappa shape index (κ2) is 4.51. The van der Waals surface area contributed by atoms with E-state index in [9.17, 15) is 0 Å². The largest absolute Gasteiger partial charge is 0.496 e. The Labute approximate surface area is 89.1 Å². The minimum atomic E-state index is 0.670. The van der Waals surface area contributed by atoms with E-state index in [4.69, 9.17) is 9.47 Å². The number of rotatable bonds is 3. The molecule has 0 spiro atoms. The van der Waals surface area contributed by atoms with Gasteiger partial charge < -0.3 is 9.47 Å². The fourth-order valence-electron chi connectivity index (χ4n) is 1.23. The number of ether oxygens (including phenoxy) is 2. The Bertz CT molecular complexity index is 424. The summed E-state index contributed by atoms with van der Waals surface area (Å²) in [4.78, 5) is 0. The Morgan fingerprint density at radius 1 is 1.00 bits per heavy atom. The SMILES string of the molecule is COc1[c]ccc(Oc2ccccc2)c1. The van der Waals surface area contributed by atoms with E-state index in [0.29, 0.717) is 5.75 Å². The molecule has 15 heavy (non-hydrogen) atoms. The van der Waals surface area contributed by atoms with Gasteiger partial charge in [-0.1, -0.05) is 18.2 Å². The molecule has 2 heteroatoms. The molecule has 2 aromatic carbocycles. The van der Waals surface area contributed by atoms with Crippen molar-refractivity contribution in [3.8, 4) is 17.2 Å². The molecule has 0 aliphatic rings. The Kier molecular flexibility index (Phi) is 2.88. The van der Waals surface area contributed by atoms with E-state index in [0.717, 1.165) is 11.5 Å². The second-order valence-electron chi connectivity index (χ2n) is 3.01. The molecule has 0 heterocycles. The third kappa shape index (κ3) is 2.50. The van der Waals surface area contributed by atoms with Crippen LogP contribution in [0.5, 0.6) is 17.2 Å². The van der Waals surface area contributed by atoms with Crippen molar-refractivity contribution in [3.05, 3.63) is 54.6 Å². The Morgan fingerprint density at radius 3 is 2.53 bits per heavy atom. The van der Waals surface area contributed by atoms with Gasteiger partial charge in [-0.2, -0.15) is 0 Å². The third-order valence-electron chi connectivity index (χ3n) is 1.95. The summed E-state index contributed by atoms with van der Waals surface area (Å²) in [6, 6.07) is 18.0. The van der Waals surface area contributed by atoms with Crippen LogP contribution in [0.15, 0.2) is 48.5 Å². The molecule has 2 rings (SSSR count). The zero-order valence-corrected chi connectivity index (χ0v) is 8.44. The van der Waals surface area contributed by atoms with Crippen LogP contribution in [-0.2, 0) is 0 Å². The predicted molar refractivity (Wildman–Crippen MR) is 58.3 cm³/mol. The average Bonchev–Trinajstić information content (AvgIpc) is 2.31. The van der Waals surface area contributed by atoms with E-state index in [1.54, 1.807) is 19.2 Å². The van der Waals surface area contributed by atoms with Gasteiger partial charge in [0.25, 0.3) is 0 Å². The van der Waals surface area contributed by atoms with E-state index in [1.807, 2.05) is 36.4 Å². The highest BCUT2D eigenvalue weighted by molar-refractivity contribution is 5.35. The molecule has 0 amide bonds. The predicted octanol–water partition coefficient (Wildman–Crippen LogP) is 3.29. The second-order valence-corrected chi connectivity index (χ2v) is 3.01. The molecular formula is C13H11O2. The van der Waals surface area contributed by atoms with E-state index < -0.39 is 0 Å². The van der Waals surface area contributed by atoms with Gasteiger partial charge in [0.2, 0.25) is 0 Å². The van der Waals surface area contributed by atoms with E-state index in [-0.39, 0.29) is 0 Å². The zero-order valence-electron chi connectivity index (χ0n) is 8.44. The molecular weight excluding hydrogens is 188 g/mol. The van der Waals surface area contributed by atoms with Crippen LogP contribution >= 0.6 is 0 Å². The van der Waals surface area contributed by atoms with Crippen molar-refractivity contribution in [1.82, 2.24) is 0 Å². The van der Waals surface area contributed by atoms with Gasteiger partial charge in [0.05, 0.1) is 7.11 Å². The van der Waals surface area contributed by atoms with Gasteiger partial charge in [-0.3, -0.25) is 0 Å². The standard InChI is InChI=1S/C13H11O2/c1-14-12-8-5-9-13(10-12)15-11-6-3-2-4-7-11/h2-7,9-10H,1H3. The summed E-state index contributed by atoms with van der Waals surface area (Å²) in [6.45, 7) is 0. The van der Waals surface area contributed by atoms with Crippen molar-refractivity contribution in [1.29, 1.82) is 0 Å². The fourth-order valence-corrected chi connectivity index (χ4v) is 1.23. The molecule has 2 nitrogen and oxygen atoms in total. The molecule has 75 valence electrons. The highest BCUT2D eigenvalue weighted by Crippen LogP contribution is 2.24. The highest BCUT2D eigenvalue weighted by Gasteiger charge is 1.98. The van der Waals surface area contributed by atoms with Gasteiger partial charge in [0, 0.05) is 12.1 Å². The molecule has 0 bridgehead atoms. The minimum Gasteiger partial charge on any atom is -0.496 e. The van der Waals surface area contributed by atoms with Gasteiger partial charge in [-0.15, -0.1) is 0 Å². The van der Waals surface area contributed by atoms with Crippen LogP contribution in [0.4, 0.5) is 0 Å². The first-order valence-corrected chi connectivity index (χ1v) is 4.67. The van der Waals surface area contributed by atoms with Crippen LogP contribution in [0.3, 0.4) is 0 Å². The van der Waals surface area contributed by atoms with E-state index >= 15 is 0 Å². The first-order chi connectivity index (χ1) is 7.38. The number of benzene rings is 2. The quantitative estimate of drug-likeness (QED) is 0.755. The molecule has 1 radical (unpaired) electrons. The number of hydrogen-bond acceptors (Lipinski definition) is 2. The summed E-state index contributed by atoms with van der Waals surface area (Å²) in [5.74, 6) is 2.23. The van der Waals surface area contributed by atoms with Crippen LogP contribution in [0.2, 0.25) is 0 Å². The minimum absolute atomic E-state index is 0.670. The van der Waals surface area contributed by atoms with Crippen molar-refractivity contribution in [3.63, 3.8) is 0 Å². The smallest absolute Gasteiger partial charge is 0.131 e. The van der Waals surface area contributed by atoms with E-state index in [2.05, 4.69) is 6.07 Å². The van der Waals surface area contributed by atoms with Crippen LogP contribution in [0.25, 0.3) is 0 Å². The first-order valence-electron chi connectivity index (χ1n) is 4.67. The van der Waals surface area contributed by atoms with Crippen LogP contribution in [0.1, 0.15) is 0 Å². The monoisotopic (exact) mass is 199 g/mol. The molecule has 0 saturated carbocycles. The number of hydrogen-bond donors (Lipinski definition) is 0. The topological polar surface area (TPSA) is 18.5 Å². The Hall–Kier alpha value is -1.96. The lowest BCUT2D eigenvalue weighted by Crippen LogP contribution is -1.86. The van der Waals surface area contributed by atoms with Crippen molar-refractivity contribution in [2.45, 2.75) is 0 Å². The molecule has 0 aliphatic carbocycles. The first kappa shape index (κ1) is 9.59. The molecule has 2 aromatic rings. The van der Waals surface area contributed by atoms with Crippen molar-refractivity contribution in [2.24, 2.45) is 0 Å². The summed E-state index contributed by atoms with van der Waals surface area (Å²) in [5.41, 5.74) is 0. The molecule has 0 aliphatic heterocycles. The van der Waals surface area contributed by atoms with Crippen LogP contribution in [0, 0.1) is 6.07 Å². The lowest BCUT2D eigenvalue weighted by molar-refractivity contribution is 0.408. The van der Waals surface area contributed by atoms with Crippen molar-refractivity contribution < 1.29 is 9.47 Å². The maximum atomic E-state index is 5.62. The highest BCUT2D eigenvalue weighted by atomic mass is 16.5. The lowest BCUT2D eigenvalue weighted by Gasteiger charge is -2.06. The summed E-state index contributed by atoms with van der Waals surface area (Å²) in [7, 11) is 1.61. The van der Waals surface area contributed by atoms with Gasteiger partial charge in [0.1, 0.15) is 17.2 Å². The van der Waals surface area contributed by atoms with Gasteiger partial charge in [-0.25, -0.2) is 0 Å². The lowest BCUT2D eigenvalue weighted by atomic mass is 10.3. The molecule has 0 atom stereocenters. The summed E-state index contributed by atoms with van der Waals surface area (Å²) in [5, 5.41) is 0. The zero-order chi connectivity index (χ0) is 10.5. The molecule has 0 aromatic heterocycles. The number of methoxy groups -OCH3 is 1. The summed E-state index contributed by atoms with van der Waals surface area (Å²) < 4.78 is 10.7. The molecule has 0 unspecified atom stereocenters. The summed E-state index contributed by atoms with van der Waals surface area (Å²) in [6.07, 6.45) is 0. The number of para-hydroxylation sites is 1. The fraction of sp³-hybridized carbons (Fsp3) is 0.0769. The molecule has 0 N–H and O–H groups in total.